The van der Waals surface area contributed by atoms with E-state index in [0.29, 0.717) is 13.0 Å². The number of rotatable bonds is 6. The molecule has 0 saturated heterocycles. The number of carbonyl (C=O) groups is 3. The van der Waals surface area contributed by atoms with Gasteiger partial charge in [0, 0.05) is 13.0 Å². The number of carbonyl (C=O) groups excluding carboxylic acids is 3. The van der Waals surface area contributed by atoms with Crippen LogP contribution >= 0.6 is 0 Å². The van der Waals surface area contributed by atoms with E-state index in [4.69, 9.17) is 0 Å². The molecule has 1 aromatic carbocycles. The lowest BCUT2D eigenvalue weighted by Crippen LogP contribution is -2.41. The average molecular weight is 278 g/mol. The molecule has 0 aliphatic heterocycles. The van der Waals surface area contributed by atoms with Gasteiger partial charge in [-0.2, -0.15) is 0 Å². The molecule has 6 heteroatoms. The van der Waals surface area contributed by atoms with Crippen molar-refractivity contribution in [2.75, 3.05) is 6.61 Å². The number of benzene rings is 1. The summed E-state index contributed by atoms with van der Waals surface area (Å²) in [5.41, 5.74) is 0.921. The maximum absolute atomic E-state index is 11.4. The molecule has 1 aromatic rings. The second kappa shape index (κ2) is 8.68. The first-order valence-corrected chi connectivity index (χ1v) is 6.39. The number of nitrogens with one attached hydrogen (secondary N) is 2. The summed E-state index contributed by atoms with van der Waals surface area (Å²) in [4.78, 5) is 33.8. The summed E-state index contributed by atoms with van der Waals surface area (Å²) >= 11 is 0. The number of amides is 3. The van der Waals surface area contributed by atoms with Gasteiger partial charge >= 0.3 is 12.0 Å². The molecule has 3 amide bonds. The van der Waals surface area contributed by atoms with Crippen molar-refractivity contribution in [2.24, 2.45) is 0 Å². The Morgan fingerprint density at radius 1 is 1.15 bits per heavy atom. The minimum atomic E-state index is -0.653. The minimum absolute atomic E-state index is 0.257. The lowest BCUT2D eigenvalue weighted by molar-refractivity contribution is -0.148. The van der Waals surface area contributed by atoms with Crippen LogP contribution in [-0.2, 0) is 20.9 Å². The first-order chi connectivity index (χ1) is 9.61. The van der Waals surface area contributed by atoms with Crippen LogP contribution in [0.1, 0.15) is 25.3 Å². The largest absolute Gasteiger partial charge is 0.456 e. The molecule has 0 atom stereocenters. The molecule has 0 spiro atoms. The highest BCUT2D eigenvalue weighted by molar-refractivity contribution is 5.95. The normalized spacial score (nSPS) is 9.65. The Morgan fingerprint density at radius 2 is 1.85 bits per heavy atom. The number of urea groups is 1. The van der Waals surface area contributed by atoms with Crippen LogP contribution in [0, 0.1) is 0 Å². The van der Waals surface area contributed by atoms with Crippen LogP contribution in [-0.4, -0.2) is 24.5 Å². The Balaban J connectivity index is 2.21. The van der Waals surface area contributed by atoms with Crippen LogP contribution in [0.15, 0.2) is 30.3 Å². The van der Waals surface area contributed by atoms with Gasteiger partial charge in [0.15, 0.2) is 6.61 Å². The van der Waals surface area contributed by atoms with Crippen LogP contribution in [0.4, 0.5) is 4.79 Å². The molecular weight excluding hydrogens is 260 g/mol. The van der Waals surface area contributed by atoms with Crippen molar-refractivity contribution in [2.45, 2.75) is 26.3 Å². The van der Waals surface area contributed by atoms with Crippen molar-refractivity contribution in [3.8, 4) is 0 Å². The highest BCUT2D eigenvalue weighted by Gasteiger charge is 2.10. The van der Waals surface area contributed by atoms with Crippen LogP contribution in [0.5, 0.6) is 0 Å². The van der Waals surface area contributed by atoms with Gasteiger partial charge in [-0.1, -0.05) is 37.3 Å². The summed E-state index contributed by atoms with van der Waals surface area (Å²) < 4.78 is 4.68. The quantitative estimate of drug-likeness (QED) is 0.769. The molecule has 0 fully saturated rings. The number of hydrogen-bond donors (Lipinski definition) is 2. The zero-order valence-corrected chi connectivity index (χ0v) is 11.3. The molecule has 1 rings (SSSR count). The fourth-order valence-corrected chi connectivity index (χ4v) is 1.41. The van der Waals surface area contributed by atoms with Crippen molar-refractivity contribution >= 4 is 17.9 Å². The number of ether oxygens (including phenoxy) is 1. The van der Waals surface area contributed by atoms with E-state index in [-0.39, 0.29) is 6.42 Å². The molecule has 0 saturated carbocycles. The maximum atomic E-state index is 11.4. The zero-order valence-electron chi connectivity index (χ0n) is 11.3. The van der Waals surface area contributed by atoms with Gasteiger partial charge in [0.05, 0.1) is 0 Å². The van der Waals surface area contributed by atoms with Crippen molar-refractivity contribution in [3.05, 3.63) is 35.9 Å². The Labute approximate surface area is 117 Å². The van der Waals surface area contributed by atoms with Gasteiger partial charge < -0.3 is 10.1 Å². The van der Waals surface area contributed by atoms with Gasteiger partial charge in [0.1, 0.15) is 0 Å². The zero-order chi connectivity index (χ0) is 14.8. The number of hydrogen-bond acceptors (Lipinski definition) is 4. The molecule has 0 aliphatic rings. The molecule has 2 N–H and O–H groups in total. The van der Waals surface area contributed by atoms with E-state index >= 15 is 0 Å². The SMILES string of the molecule is CCCC(=O)OCC(=O)NC(=O)NCc1ccccc1. The minimum Gasteiger partial charge on any atom is -0.456 e. The lowest BCUT2D eigenvalue weighted by Gasteiger charge is -2.07. The molecule has 0 aliphatic carbocycles. The first-order valence-electron chi connectivity index (χ1n) is 6.39. The van der Waals surface area contributed by atoms with E-state index in [9.17, 15) is 14.4 Å². The first kappa shape index (κ1) is 15.7. The maximum Gasteiger partial charge on any atom is 0.321 e. The van der Waals surface area contributed by atoms with Gasteiger partial charge in [0.25, 0.3) is 5.91 Å². The van der Waals surface area contributed by atoms with E-state index in [1.807, 2.05) is 37.3 Å². The lowest BCUT2D eigenvalue weighted by atomic mass is 10.2. The van der Waals surface area contributed by atoms with E-state index < -0.39 is 24.5 Å². The van der Waals surface area contributed by atoms with Crippen LogP contribution < -0.4 is 10.6 Å². The summed E-state index contributed by atoms with van der Waals surface area (Å²) in [5, 5.41) is 4.61. The molecule has 0 unspecified atom stereocenters. The standard InChI is InChI=1S/C14H18N2O4/c1-2-6-13(18)20-10-12(17)16-14(19)15-9-11-7-4-3-5-8-11/h3-5,7-8H,2,6,9-10H2,1H3,(H2,15,16,17,19). The second-order valence-corrected chi connectivity index (χ2v) is 4.13. The fraction of sp³-hybridized carbons (Fsp3) is 0.357. The van der Waals surface area contributed by atoms with Crippen molar-refractivity contribution in [3.63, 3.8) is 0 Å². The summed E-state index contributed by atoms with van der Waals surface area (Å²) in [6.45, 7) is 1.70. The summed E-state index contributed by atoms with van der Waals surface area (Å²) in [6, 6.07) is 8.67. The Morgan fingerprint density at radius 3 is 2.50 bits per heavy atom. The summed E-state index contributed by atoms with van der Waals surface area (Å²) in [7, 11) is 0. The third-order valence-corrected chi connectivity index (χ3v) is 2.37. The molecule has 6 nitrogen and oxygen atoms in total. The number of imide groups is 1. The fourth-order valence-electron chi connectivity index (χ4n) is 1.41. The molecule has 0 bridgehead atoms. The van der Waals surface area contributed by atoms with Crippen molar-refractivity contribution in [1.29, 1.82) is 0 Å². The van der Waals surface area contributed by atoms with Crippen molar-refractivity contribution in [1.82, 2.24) is 10.6 Å². The van der Waals surface area contributed by atoms with E-state index in [1.54, 1.807) is 0 Å². The predicted molar refractivity (Wildman–Crippen MR) is 72.7 cm³/mol. The monoisotopic (exact) mass is 278 g/mol. The average Bonchev–Trinajstić information content (AvgIpc) is 2.44. The van der Waals surface area contributed by atoms with Gasteiger partial charge in [-0.15, -0.1) is 0 Å². The Hall–Kier alpha value is -2.37. The van der Waals surface area contributed by atoms with Gasteiger partial charge in [-0.3, -0.25) is 14.9 Å². The van der Waals surface area contributed by atoms with E-state index in [2.05, 4.69) is 15.4 Å². The highest BCUT2D eigenvalue weighted by Crippen LogP contribution is 1.96. The molecule has 0 heterocycles. The van der Waals surface area contributed by atoms with Gasteiger partial charge in [-0.05, 0) is 12.0 Å². The molecule has 0 radical (unpaired) electrons. The molecule has 0 aromatic heterocycles. The van der Waals surface area contributed by atoms with Crippen LogP contribution in [0.3, 0.4) is 0 Å². The van der Waals surface area contributed by atoms with Gasteiger partial charge in [-0.25, -0.2) is 4.79 Å². The third-order valence-electron chi connectivity index (χ3n) is 2.37. The number of esters is 1. The second-order valence-electron chi connectivity index (χ2n) is 4.13. The van der Waals surface area contributed by atoms with Crippen LogP contribution in [0.25, 0.3) is 0 Å². The van der Waals surface area contributed by atoms with Gasteiger partial charge in [0.2, 0.25) is 0 Å². The predicted octanol–water partition coefficient (Wildman–Crippen LogP) is 1.36. The van der Waals surface area contributed by atoms with Crippen molar-refractivity contribution < 1.29 is 19.1 Å². The third kappa shape index (κ3) is 6.53. The Bertz CT molecular complexity index is 460. The summed E-state index contributed by atoms with van der Waals surface area (Å²) in [6.07, 6.45) is 0.908. The molecular formula is C14H18N2O4. The van der Waals surface area contributed by atoms with E-state index in [0.717, 1.165) is 5.56 Å². The summed E-state index contributed by atoms with van der Waals surface area (Å²) in [5.74, 6) is -1.10. The van der Waals surface area contributed by atoms with E-state index in [1.165, 1.54) is 0 Å². The highest BCUT2D eigenvalue weighted by atomic mass is 16.5. The van der Waals surface area contributed by atoms with Crippen LogP contribution in [0.2, 0.25) is 0 Å². The molecule has 108 valence electrons. The smallest absolute Gasteiger partial charge is 0.321 e. The molecule has 20 heavy (non-hydrogen) atoms. The Kier molecular flexibility index (Phi) is 6.81. The topological polar surface area (TPSA) is 84.5 Å².